The average Bonchev–Trinajstić information content (AvgIpc) is 2.58. The zero-order chi connectivity index (χ0) is 12.3. The molecule has 0 aromatic carbocycles. The van der Waals surface area contributed by atoms with Crippen LogP contribution in [0.15, 0.2) is 0 Å². The monoisotopic (exact) mass is 256 g/mol. The van der Waals surface area contributed by atoms with Crippen LogP contribution in [0.3, 0.4) is 0 Å². The Hall–Kier alpha value is -0.840. The maximum atomic E-state index is 11.4. The second-order valence-corrected chi connectivity index (χ2v) is 5.40. The predicted octanol–water partition coefficient (Wildman–Crippen LogP) is 1.49. The van der Waals surface area contributed by atoms with Crippen LogP contribution in [0.1, 0.15) is 45.4 Å². The summed E-state index contributed by atoms with van der Waals surface area (Å²) in [5, 5.41) is 6.94. The molecule has 5 heteroatoms. The number of ether oxygens (including phenoxy) is 1. The molecule has 2 rings (SSSR count). The van der Waals surface area contributed by atoms with Crippen LogP contribution in [-0.2, 0) is 9.53 Å². The van der Waals surface area contributed by atoms with Crippen LogP contribution in [0.25, 0.3) is 0 Å². The quantitative estimate of drug-likeness (QED) is 0.579. The van der Waals surface area contributed by atoms with E-state index in [1.165, 1.54) is 32.1 Å². The molecule has 0 bridgehead atoms. The van der Waals surface area contributed by atoms with Gasteiger partial charge in [-0.3, -0.25) is 0 Å². The summed E-state index contributed by atoms with van der Waals surface area (Å²) in [6.45, 7) is 1.90. The van der Waals surface area contributed by atoms with Crippen LogP contribution in [0.2, 0.25) is 0 Å². The summed E-state index contributed by atoms with van der Waals surface area (Å²) < 4.78 is 5.08. The van der Waals surface area contributed by atoms with Crippen molar-refractivity contribution < 1.29 is 9.53 Å². The lowest BCUT2D eigenvalue weighted by Crippen LogP contribution is -2.48. The molecular formula is C12H20N2O2S. The number of nitrogens with one attached hydrogen (secondary N) is 2. The van der Waals surface area contributed by atoms with Crippen molar-refractivity contribution in [2.75, 3.05) is 0 Å². The Kier molecular flexibility index (Phi) is 4.20. The minimum Gasteiger partial charge on any atom is -0.461 e. The molecule has 2 atom stereocenters. The molecule has 1 saturated heterocycles. The number of thiocarbonyl (C=S) groups is 1. The van der Waals surface area contributed by atoms with Gasteiger partial charge in [0, 0.05) is 12.5 Å². The van der Waals surface area contributed by atoms with Gasteiger partial charge in [0.15, 0.2) is 5.11 Å². The molecule has 4 nitrogen and oxygen atoms in total. The Morgan fingerprint density at radius 1 is 1.29 bits per heavy atom. The standard InChI is InChI=1S/C12H20N2O2S/c1-8-7-10(11(15)16-8)14-12(17)13-9-5-3-2-4-6-9/h8-10H,2-7H2,1H3,(H2,13,14,17)/t8-,10+/m0/s1. The fraction of sp³-hybridized carbons (Fsp3) is 0.833. The largest absolute Gasteiger partial charge is 0.461 e. The van der Waals surface area contributed by atoms with E-state index < -0.39 is 0 Å². The molecule has 0 radical (unpaired) electrons. The Labute approximate surface area is 107 Å². The minimum absolute atomic E-state index is 0.00233. The predicted molar refractivity (Wildman–Crippen MR) is 69.7 cm³/mol. The Morgan fingerprint density at radius 2 is 2.00 bits per heavy atom. The lowest BCUT2D eigenvalue weighted by atomic mass is 9.96. The summed E-state index contributed by atoms with van der Waals surface area (Å²) in [6.07, 6.45) is 6.90. The third-order valence-corrected chi connectivity index (χ3v) is 3.65. The van der Waals surface area contributed by atoms with Gasteiger partial charge in [0.05, 0.1) is 0 Å². The summed E-state index contributed by atoms with van der Waals surface area (Å²) in [6, 6.07) is 0.201. The maximum Gasteiger partial charge on any atom is 0.329 e. The molecule has 2 fully saturated rings. The zero-order valence-corrected chi connectivity index (χ0v) is 11.0. The summed E-state index contributed by atoms with van der Waals surface area (Å²) in [7, 11) is 0. The smallest absolute Gasteiger partial charge is 0.329 e. The van der Waals surface area contributed by atoms with Gasteiger partial charge < -0.3 is 15.4 Å². The van der Waals surface area contributed by atoms with Crippen LogP contribution >= 0.6 is 12.2 Å². The molecule has 0 aromatic heterocycles. The van der Waals surface area contributed by atoms with E-state index in [2.05, 4.69) is 10.6 Å². The fourth-order valence-corrected chi connectivity index (χ4v) is 2.82. The first-order valence-electron chi connectivity index (χ1n) is 6.42. The summed E-state index contributed by atoms with van der Waals surface area (Å²) in [5.74, 6) is -0.190. The molecule has 1 aliphatic carbocycles. The van der Waals surface area contributed by atoms with E-state index in [9.17, 15) is 4.79 Å². The fourth-order valence-electron chi connectivity index (χ4n) is 2.51. The van der Waals surface area contributed by atoms with Gasteiger partial charge in [-0.1, -0.05) is 19.3 Å². The van der Waals surface area contributed by atoms with E-state index in [4.69, 9.17) is 17.0 Å². The van der Waals surface area contributed by atoms with Gasteiger partial charge in [-0.2, -0.15) is 0 Å². The SMILES string of the molecule is C[C@H]1C[C@@H](NC(=S)NC2CCCCC2)C(=O)O1. The first kappa shape index (κ1) is 12.6. The molecule has 0 amide bonds. The van der Waals surface area contributed by atoms with E-state index in [-0.39, 0.29) is 18.1 Å². The Bertz CT molecular complexity index is 303. The van der Waals surface area contributed by atoms with Crippen LogP contribution in [0.5, 0.6) is 0 Å². The lowest BCUT2D eigenvalue weighted by molar-refractivity contribution is -0.142. The van der Waals surface area contributed by atoms with Crippen LogP contribution in [-0.4, -0.2) is 29.3 Å². The number of cyclic esters (lactones) is 1. The zero-order valence-electron chi connectivity index (χ0n) is 10.2. The van der Waals surface area contributed by atoms with Crippen molar-refractivity contribution in [2.24, 2.45) is 0 Å². The van der Waals surface area contributed by atoms with Crippen LogP contribution in [0.4, 0.5) is 0 Å². The maximum absolute atomic E-state index is 11.4. The highest BCUT2D eigenvalue weighted by Crippen LogP contribution is 2.18. The van der Waals surface area contributed by atoms with Crippen molar-refractivity contribution >= 4 is 23.3 Å². The van der Waals surface area contributed by atoms with E-state index >= 15 is 0 Å². The van der Waals surface area contributed by atoms with Crippen molar-refractivity contribution in [1.82, 2.24) is 10.6 Å². The van der Waals surface area contributed by atoms with Crippen molar-refractivity contribution in [3.8, 4) is 0 Å². The summed E-state index contributed by atoms with van der Waals surface area (Å²) >= 11 is 5.23. The Balaban J connectivity index is 1.75. The number of esters is 1. The highest BCUT2D eigenvalue weighted by atomic mass is 32.1. The van der Waals surface area contributed by atoms with Crippen molar-refractivity contribution in [1.29, 1.82) is 0 Å². The van der Waals surface area contributed by atoms with E-state index in [0.717, 1.165) is 0 Å². The second kappa shape index (κ2) is 5.67. The van der Waals surface area contributed by atoms with Crippen molar-refractivity contribution in [2.45, 2.75) is 63.6 Å². The van der Waals surface area contributed by atoms with Crippen LogP contribution in [0, 0.1) is 0 Å². The molecule has 2 aliphatic rings. The van der Waals surface area contributed by atoms with Crippen LogP contribution < -0.4 is 10.6 Å². The average molecular weight is 256 g/mol. The van der Waals surface area contributed by atoms with Gasteiger partial charge in [-0.15, -0.1) is 0 Å². The molecular weight excluding hydrogens is 236 g/mol. The van der Waals surface area contributed by atoms with Gasteiger partial charge in [0.25, 0.3) is 0 Å². The molecule has 0 spiro atoms. The number of carbonyl (C=O) groups excluding carboxylic acids is 1. The topological polar surface area (TPSA) is 50.4 Å². The Morgan fingerprint density at radius 3 is 2.59 bits per heavy atom. The summed E-state index contributed by atoms with van der Waals surface area (Å²) in [5.41, 5.74) is 0. The normalized spacial score (nSPS) is 29.8. The van der Waals surface area contributed by atoms with E-state index in [0.29, 0.717) is 17.6 Å². The highest BCUT2D eigenvalue weighted by molar-refractivity contribution is 7.80. The van der Waals surface area contributed by atoms with Gasteiger partial charge in [0.1, 0.15) is 12.1 Å². The van der Waals surface area contributed by atoms with Gasteiger partial charge in [-0.25, -0.2) is 4.79 Å². The summed E-state index contributed by atoms with van der Waals surface area (Å²) in [4.78, 5) is 11.4. The van der Waals surface area contributed by atoms with E-state index in [1.54, 1.807) is 0 Å². The first-order chi connectivity index (χ1) is 8.15. The molecule has 0 aromatic rings. The lowest BCUT2D eigenvalue weighted by Gasteiger charge is -2.25. The molecule has 0 unspecified atom stereocenters. The van der Waals surface area contributed by atoms with Crippen molar-refractivity contribution in [3.05, 3.63) is 0 Å². The third-order valence-electron chi connectivity index (χ3n) is 3.42. The molecule has 1 aliphatic heterocycles. The number of hydrogen-bond donors (Lipinski definition) is 2. The first-order valence-corrected chi connectivity index (χ1v) is 6.83. The minimum atomic E-state index is -0.270. The molecule has 17 heavy (non-hydrogen) atoms. The molecule has 96 valence electrons. The van der Waals surface area contributed by atoms with Gasteiger partial charge in [-0.05, 0) is 32.0 Å². The third kappa shape index (κ3) is 3.56. The van der Waals surface area contributed by atoms with Crippen molar-refractivity contribution in [3.63, 3.8) is 0 Å². The molecule has 1 heterocycles. The number of carbonyl (C=O) groups is 1. The molecule has 2 N–H and O–H groups in total. The van der Waals surface area contributed by atoms with Gasteiger partial charge in [0.2, 0.25) is 0 Å². The number of hydrogen-bond acceptors (Lipinski definition) is 3. The molecule has 1 saturated carbocycles. The van der Waals surface area contributed by atoms with Gasteiger partial charge >= 0.3 is 5.97 Å². The second-order valence-electron chi connectivity index (χ2n) is 4.99. The highest BCUT2D eigenvalue weighted by Gasteiger charge is 2.32. The van der Waals surface area contributed by atoms with E-state index in [1.807, 2.05) is 6.92 Å². The number of rotatable bonds is 2.